The molecule has 0 unspecified atom stereocenters. The zero-order chi connectivity index (χ0) is 18.5. The highest BCUT2D eigenvalue weighted by atomic mass is 32.1. The summed E-state index contributed by atoms with van der Waals surface area (Å²) in [5, 5.41) is 6.43. The molecule has 8 nitrogen and oxygen atoms in total. The number of ether oxygens (including phenoxy) is 1. The van der Waals surface area contributed by atoms with Gasteiger partial charge in [-0.2, -0.15) is 5.10 Å². The van der Waals surface area contributed by atoms with Crippen molar-refractivity contribution >= 4 is 28.3 Å². The molecule has 0 saturated carbocycles. The van der Waals surface area contributed by atoms with Crippen molar-refractivity contribution in [1.29, 1.82) is 0 Å². The van der Waals surface area contributed by atoms with Gasteiger partial charge in [-0.05, 0) is 25.1 Å². The van der Waals surface area contributed by atoms with Crippen LogP contribution in [-0.2, 0) is 22.7 Å². The van der Waals surface area contributed by atoms with Gasteiger partial charge in [-0.1, -0.05) is 0 Å². The van der Waals surface area contributed by atoms with E-state index in [0.717, 1.165) is 0 Å². The number of hydrogen-bond donors (Lipinski definition) is 0. The van der Waals surface area contributed by atoms with Crippen LogP contribution in [0.1, 0.15) is 35.9 Å². The van der Waals surface area contributed by atoms with Crippen LogP contribution in [0.3, 0.4) is 0 Å². The summed E-state index contributed by atoms with van der Waals surface area (Å²) < 4.78 is 12.4. The molecule has 3 aromatic heterocycles. The van der Waals surface area contributed by atoms with Crippen molar-refractivity contribution in [3.05, 3.63) is 53.2 Å². The maximum Gasteiger partial charge on any atom is 0.374 e. The van der Waals surface area contributed by atoms with Crippen LogP contribution in [0, 0.1) is 0 Å². The molecule has 9 heteroatoms. The second kappa shape index (κ2) is 7.96. The molecule has 0 atom stereocenters. The van der Waals surface area contributed by atoms with Crippen molar-refractivity contribution < 1.29 is 18.7 Å². The first kappa shape index (κ1) is 17.9. The molecule has 0 aliphatic rings. The number of nitrogens with zero attached hydrogens (tertiary/aromatic N) is 4. The normalized spacial score (nSPS) is 10.7. The zero-order valence-corrected chi connectivity index (χ0v) is 15.2. The van der Waals surface area contributed by atoms with E-state index in [9.17, 15) is 9.59 Å². The van der Waals surface area contributed by atoms with E-state index in [1.54, 1.807) is 39.5 Å². The molecule has 0 spiro atoms. The number of carbonyl (C=O) groups is 2. The Labute approximate surface area is 154 Å². The van der Waals surface area contributed by atoms with Crippen molar-refractivity contribution in [2.75, 3.05) is 11.4 Å². The van der Waals surface area contributed by atoms with Crippen molar-refractivity contribution in [2.45, 2.75) is 27.0 Å². The van der Waals surface area contributed by atoms with Gasteiger partial charge in [-0.3, -0.25) is 14.4 Å². The topological polar surface area (TPSA) is 90.5 Å². The number of rotatable bonds is 7. The van der Waals surface area contributed by atoms with Crippen molar-refractivity contribution in [2.24, 2.45) is 0 Å². The average Bonchev–Trinajstić information content (AvgIpc) is 3.35. The Morgan fingerprint density at radius 1 is 1.38 bits per heavy atom. The van der Waals surface area contributed by atoms with Crippen molar-refractivity contribution in [3.8, 4) is 0 Å². The van der Waals surface area contributed by atoms with Gasteiger partial charge in [-0.25, -0.2) is 9.78 Å². The van der Waals surface area contributed by atoms with Crippen LogP contribution < -0.4 is 4.90 Å². The van der Waals surface area contributed by atoms with Crippen LogP contribution in [0.5, 0.6) is 0 Å². The van der Waals surface area contributed by atoms with Gasteiger partial charge >= 0.3 is 5.97 Å². The molecule has 0 aromatic carbocycles. The van der Waals surface area contributed by atoms with Gasteiger partial charge in [0.1, 0.15) is 12.4 Å². The Morgan fingerprint density at radius 3 is 2.92 bits per heavy atom. The quantitative estimate of drug-likeness (QED) is 0.591. The number of thiazole rings is 1. The molecule has 0 radical (unpaired) electrons. The maximum atomic E-state index is 12.1. The van der Waals surface area contributed by atoms with Gasteiger partial charge in [0.15, 0.2) is 5.13 Å². The third-order valence-electron chi connectivity index (χ3n) is 3.56. The largest absolute Gasteiger partial charge is 0.453 e. The van der Waals surface area contributed by atoms with Gasteiger partial charge < -0.3 is 9.15 Å². The zero-order valence-electron chi connectivity index (χ0n) is 14.4. The highest BCUT2D eigenvalue weighted by Gasteiger charge is 2.16. The van der Waals surface area contributed by atoms with Crippen LogP contribution in [0.2, 0.25) is 0 Å². The molecule has 0 saturated heterocycles. The number of furan rings is 1. The molecule has 0 N–H and O–H groups in total. The lowest BCUT2D eigenvalue weighted by atomic mass is 10.4. The van der Waals surface area contributed by atoms with Crippen LogP contribution in [-0.4, -0.2) is 33.2 Å². The maximum absolute atomic E-state index is 12.1. The standard InChI is InChI=1S/C17H18N4O4S/c1-3-21(12(2)22)17-19-13(11-26-17)10-24-16(23)15-6-5-14(25-15)9-20-8-4-7-18-20/h4-8,11H,3,9-10H2,1-2H3. The second-order valence-corrected chi connectivity index (χ2v) is 6.27. The summed E-state index contributed by atoms with van der Waals surface area (Å²) in [6.45, 7) is 4.35. The Balaban J connectivity index is 1.57. The first-order valence-electron chi connectivity index (χ1n) is 8.02. The fourth-order valence-corrected chi connectivity index (χ4v) is 3.23. The molecule has 3 rings (SSSR count). The lowest BCUT2D eigenvalue weighted by molar-refractivity contribution is -0.116. The second-order valence-electron chi connectivity index (χ2n) is 5.43. The third kappa shape index (κ3) is 4.17. The Bertz CT molecular complexity index is 884. The Hall–Kier alpha value is -2.94. The lowest BCUT2D eigenvalue weighted by Crippen LogP contribution is -2.27. The van der Waals surface area contributed by atoms with Crippen LogP contribution in [0.4, 0.5) is 5.13 Å². The van der Waals surface area contributed by atoms with Crippen molar-refractivity contribution in [1.82, 2.24) is 14.8 Å². The van der Waals surface area contributed by atoms with E-state index in [1.165, 1.54) is 18.3 Å². The van der Waals surface area contributed by atoms with E-state index in [2.05, 4.69) is 10.1 Å². The van der Waals surface area contributed by atoms with E-state index >= 15 is 0 Å². The van der Waals surface area contributed by atoms with E-state index in [-0.39, 0.29) is 18.3 Å². The highest BCUT2D eigenvalue weighted by molar-refractivity contribution is 7.14. The van der Waals surface area contributed by atoms with Gasteiger partial charge in [-0.15, -0.1) is 11.3 Å². The summed E-state index contributed by atoms with van der Waals surface area (Å²) in [6, 6.07) is 5.10. The predicted octanol–water partition coefficient (Wildman–Crippen LogP) is 2.71. The molecule has 0 bridgehead atoms. The molecule has 3 aromatic rings. The fourth-order valence-electron chi connectivity index (χ4n) is 2.32. The number of hydrogen-bond acceptors (Lipinski definition) is 7. The molecular formula is C17H18N4O4S. The van der Waals surface area contributed by atoms with Crippen LogP contribution in [0.15, 0.2) is 40.4 Å². The summed E-state index contributed by atoms with van der Waals surface area (Å²) in [6.07, 6.45) is 3.48. The molecule has 3 heterocycles. The van der Waals surface area contributed by atoms with Gasteiger partial charge in [0, 0.05) is 31.2 Å². The number of anilines is 1. The van der Waals surface area contributed by atoms with Gasteiger partial charge in [0.2, 0.25) is 11.7 Å². The average molecular weight is 374 g/mol. The molecule has 1 amide bonds. The third-order valence-corrected chi connectivity index (χ3v) is 4.47. The van der Waals surface area contributed by atoms with E-state index in [4.69, 9.17) is 9.15 Å². The SMILES string of the molecule is CCN(C(C)=O)c1nc(COC(=O)c2ccc(Cn3cccn3)o2)cs1. The lowest BCUT2D eigenvalue weighted by Gasteiger charge is -2.14. The summed E-state index contributed by atoms with van der Waals surface area (Å²) in [7, 11) is 0. The first-order valence-corrected chi connectivity index (χ1v) is 8.90. The monoisotopic (exact) mass is 374 g/mol. The fraction of sp³-hybridized carbons (Fsp3) is 0.294. The number of aromatic nitrogens is 3. The minimum absolute atomic E-state index is 0.0139. The van der Waals surface area contributed by atoms with Crippen LogP contribution in [0.25, 0.3) is 0 Å². The minimum atomic E-state index is -0.565. The Kier molecular flexibility index (Phi) is 5.47. The summed E-state index contributed by atoms with van der Waals surface area (Å²) in [5.74, 6) is 0.0917. The van der Waals surface area contributed by atoms with E-state index in [1.807, 2.05) is 13.0 Å². The van der Waals surface area contributed by atoms with Crippen molar-refractivity contribution in [3.63, 3.8) is 0 Å². The summed E-state index contributed by atoms with van der Waals surface area (Å²) in [5.41, 5.74) is 0.585. The summed E-state index contributed by atoms with van der Waals surface area (Å²) >= 11 is 1.33. The number of carbonyl (C=O) groups excluding carboxylic acids is 2. The smallest absolute Gasteiger partial charge is 0.374 e. The first-order chi connectivity index (χ1) is 12.6. The number of esters is 1. The minimum Gasteiger partial charge on any atom is -0.453 e. The van der Waals surface area contributed by atoms with Gasteiger partial charge in [0.25, 0.3) is 0 Å². The predicted molar refractivity (Wildman–Crippen MR) is 95.0 cm³/mol. The molecule has 0 fully saturated rings. The molecule has 26 heavy (non-hydrogen) atoms. The van der Waals surface area contributed by atoms with E-state index < -0.39 is 5.97 Å². The van der Waals surface area contributed by atoms with Crippen LogP contribution >= 0.6 is 11.3 Å². The van der Waals surface area contributed by atoms with E-state index in [0.29, 0.717) is 29.7 Å². The molecule has 0 aliphatic heterocycles. The highest BCUT2D eigenvalue weighted by Crippen LogP contribution is 2.21. The molecular weight excluding hydrogens is 356 g/mol. The number of amides is 1. The summed E-state index contributed by atoms with van der Waals surface area (Å²) in [4.78, 5) is 29.5. The Morgan fingerprint density at radius 2 is 2.23 bits per heavy atom. The molecule has 136 valence electrons. The molecule has 0 aliphatic carbocycles. The van der Waals surface area contributed by atoms with Gasteiger partial charge in [0.05, 0.1) is 12.2 Å².